The van der Waals surface area contributed by atoms with Crippen LogP contribution in [0.4, 0.5) is 5.69 Å². The van der Waals surface area contributed by atoms with E-state index in [1.807, 2.05) is 48.5 Å². The summed E-state index contributed by atoms with van der Waals surface area (Å²) in [4.78, 5) is 16.5. The molecule has 43 heavy (non-hydrogen) atoms. The van der Waals surface area contributed by atoms with E-state index in [1.54, 1.807) is 47.3 Å². The number of nitrogens with one attached hydrogen (secondary N) is 1. The van der Waals surface area contributed by atoms with E-state index in [-0.39, 0.29) is 30.5 Å². The van der Waals surface area contributed by atoms with E-state index >= 15 is 0 Å². The van der Waals surface area contributed by atoms with Crippen LogP contribution in [0.15, 0.2) is 102 Å². The van der Waals surface area contributed by atoms with Gasteiger partial charge >= 0.3 is 0 Å². The second-order valence-corrected chi connectivity index (χ2v) is 10.9. The second kappa shape index (κ2) is 13.1. The number of anilines is 1. The smallest absolute Gasteiger partial charge is 0.257 e. The SMILES string of the molecule is O=C(Nc1ccc([C@@H]2O[C@H](CSc3nnnn3-c3ccc(O)cc3)C[C@H](c3ccc(CO)cc3)O2)cc1)c1cccnc1. The first-order valence-corrected chi connectivity index (χ1v) is 14.6. The molecule has 0 spiro atoms. The van der Waals surface area contributed by atoms with Crippen molar-refractivity contribution in [1.29, 1.82) is 0 Å². The summed E-state index contributed by atoms with van der Waals surface area (Å²) in [6, 6.07) is 25.1. The minimum atomic E-state index is -0.655. The highest BCUT2D eigenvalue weighted by Crippen LogP contribution is 2.39. The molecule has 1 aliphatic heterocycles. The first-order valence-electron chi connectivity index (χ1n) is 13.6. The third-order valence-corrected chi connectivity index (χ3v) is 7.96. The van der Waals surface area contributed by atoms with Crippen LogP contribution in [0.5, 0.6) is 5.75 Å². The van der Waals surface area contributed by atoms with Crippen LogP contribution in [0.2, 0.25) is 0 Å². The quantitative estimate of drug-likeness (QED) is 0.202. The highest BCUT2D eigenvalue weighted by atomic mass is 32.2. The maximum atomic E-state index is 12.5. The van der Waals surface area contributed by atoms with Crippen molar-refractivity contribution < 1.29 is 24.5 Å². The summed E-state index contributed by atoms with van der Waals surface area (Å²) < 4.78 is 14.5. The molecule has 12 heteroatoms. The predicted octanol–water partition coefficient (Wildman–Crippen LogP) is 4.85. The minimum Gasteiger partial charge on any atom is -0.508 e. The number of thioether (sulfide) groups is 1. The zero-order chi connectivity index (χ0) is 29.6. The van der Waals surface area contributed by atoms with Crippen LogP contribution in [0, 0.1) is 0 Å². The van der Waals surface area contributed by atoms with Crippen LogP contribution in [-0.4, -0.2) is 53.2 Å². The van der Waals surface area contributed by atoms with Gasteiger partial charge in [0.05, 0.1) is 30.1 Å². The van der Waals surface area contributed by atoms with Gasteiger partial charge in [0.25, 0.3) is 5.91 Å². The highest BCUT2D eigenvalue weighted by Gasteiger charge is 2.32. The van der Waals surface area contributed by atoms with Crippen LogP contribution in [0.1, 0.15) is 45.9 Å². The third kappa shape index (κ3) is 6.89. The van der Waals surface area contributed by atoms with E-state index in [0.29, 0.717) is 28.6 Å². The molecule has 1 saturated heterocycles. The molecule has 218 valence electrons. The molecule has 11 nitrogen and oxygen atoms in total. The second-order valence-electron chi connectivity index (χ2n) is 9.87. The number of carbonyl (C=O) groups excluding carboxylic acids is 1. The van der Waals surface area contributed by atoms with Gasteiger partial charge in [0.1, 0.15) is 5.75 Å². The lowest BCUT2D eigenvalue weighted by Gasteiger charge is -2.36. The number of hydrogen-bond donors (Lipinski definition) is 3. The summed E-state index contributed by atoms with van der Waals surface area (Å²) in [5, 5.41) is 34.7. The van der Waals surface area contributed by atoms with Gasteiger partial charge in [-0.05, 0) is 70.1 Å². The Morgan fingerprint density at radius 3 is 2.47 bits per heavy atom. The zero-order valence-electron chi connectivity index (χ0n) is 22.9. The molecule has 0 unspecified atom stereocenters. The van der Waals surface area contributed by atoms with Crippen molar-refractivity contribution in [3.8, 4) is 11.4 Å². The Bertz CT molecular complexity index is 1650. The van der Waals surface area contributed by atoms with Crippen LogP contribution in [0.3, 0.4) is 0 Å². The van der Waals surface area contributed by atoms with E-state index in [4.69, 9.17) is 9.47 Å². The normalized spacial score (nSPS) is 18.3. The van der Waals surface area contributed by atoms with Crippen molar-refractivity contribution in [3.05, 3.63) is 120 Å². The van der Waals surface area contributed by atoms with Gasteiger partial charge in [0.2, 0.25) is 5.16 Å². The van der Waals surface area contributed by atoms with E-state index in [9.17, 15) is 15.0 Å². The molecule has 2 aromatic heterocycles. The van der Waals surface area contributed by atoms with Gasteiger partial charge in [-0.1, -0.05) is 48.2 Å². The molecule has 1 aliphatic rings. The number of phenolic OH excluding ortho intramolecular Hbond substituents is 1. The van der Waals surface area contributed by atoms with Crippen LogP contribution < -0.4 is 5.32 Å². The number of tetrazole rings is 1. The van der Waals surface area contributed by atoms with Crippen molar-refractivity contribution in [3.63, 3.8) is 0 Å². The number of aromatic hydroxyl groups is 1. The maximum absolute atomic E-state index is 12.5. The Morgan fingerprint density at radius 1 is 0.977 bits per heavy atom. The fraction of sp³-hybridized carbons (Fsp3) is 0.194. The Balaban J connectivity index is 1.18. The Kier molecular flexibility index (Phi) is 8.70. The standard InChI is InChI=1S/C31H28N6O5S/c38-18-20-3-5-21(6-4-20)28-16-27(19-43-31-34-35-36-37(31)25-11-13-26(39)14-12-25)41-30(42-28)22-7-9-24(10-8-22)33-29(40)23-2-1-15-32-17-23/h1-15,17,27-28,30,38-39H,16,18-19H2,(H,33,40)/t27-,28+,30+/m0/s1. The van der Waals surface area contributed by atoms with Crippen molar-refractivity contribution in [1.82, 2.24) is 25.2 Å². The summed E-state index contributed by atoms with van der Waals surface area (Å²) >= 11 is 1.47. The summed E-state index contributed by atoms with van der Waals surface area (Å²) in [7, 11) is 0. The van der Waals surface area contributed by atoms with Gasteiger partial charge in [-0.3, -0.25) is 9.78 Å². The summed E-state index contributed by atoms with van der Waals surface area (Å²) in [6.07, 6.45) is 2.62. The molecule has 3 aromatic carbocycles. The minimum absolute atomic E-state index is 0.0315. The molecular formula is C31H28N6O5S. The molecule has 3 heterocycles. The average molecular weight is 597 g/mol. The number of rotatable bonds is 9. The maximum Gasteiger partial charge on any atom is 0.257 e. The van der Waals surface area contributed by atoms with Crippen molar-refractivity contribution in [2.45, 2.75) is 36.7 Å². The van der Waals surface area contributed by atoms with Crippen molar-refractivity contribution in [2.24, 2.45) is 0 Å². The average Bonchev–Trinajstić information content (AvgIpc) is 3.53. The number of nitrogens with zero attached hydrogens (tertiary/aromatic N) is 5. The number of pyridine rings is 1. The summed E-state index contributed by atoms with van der Waals surface area (Å²) in [6.45, 7) is -0.0315. The molecule has 0 bridgehead atoms. The van der Waals surface area contributed by atoms with Crippen LogP contribution >= 0.6 is 11.8 Å². The Morgan fingerprint density at radius 2 is 1.74 bits per heavy atom. The number of ether oxygens (including phenoxy) is 2. The van der Waals surface area contributed by atoms with Gasteiger partial charge in [0.15, 0.2) is 6.29 Å². The lowest BCUT2D eigenvalue weighted by Crippen LogP contribution is -2.31. The molecule has 1 amide bonds. The van der Waals surface area contributed by atoms with Gasteiger partial charge in [-0.15, -0.1) is 5.10 Å². The van der Waals surface area contributed by atoms with E-state index in [2.05, 4.69) is 25.8 Å². The van der Waals surface area contributed by atoms with Gasteiger partial charge in [0, 0.05) is 35.8 Å². The highest BCUT2D eigenvalue weighted by molar-refractivity contribution is 7.99. The van der Waals surface area contributed by atoms with Crippen molar-refractivity contribution >= 4 is 23.4 Å². The molecule has 0 radical (unpaired) electrons. The Hall–Kier alpha value is -4.62. The monoisotopic (exact) mass is 596 g/mol. The van der Waals surface area contributed by atoms with Gasteiger partial charge < -0.3 is 25.0 Å². The topological polar surface area (TPSA) is 145 Å². The number of aliphatic hydroxyl groups is 1. The van der Waals surface area contributed by atoms with E-state index in [0.717, 1.165) is 22.4 Å². The fourth-order valence-electron chi connectivity index (χ4n) is 4.64. The summed E-state index contributed by atoms with van der Waals surface area (Å²) in [5.41, 5.74) is 4.45. The van der Waals surface area contributed by atoms with Gasteiger partial charge in [-0.2, -0.15) is 4.68 Å². The number of benzene rings is 3. The lowest BCUT2D eigenvalue weighted by atomic mass is 10.0. The van der Waals surface area contributed by atoms with Crippen LogP contribution in [0.25, 0.3) is 5.69 Å². The molecule has 6 rings (SSSR count). The molecule has 1 fully saturated rings. The lowest BCUT2D eigenvalue weighted by molar-refractivity contribution is -0.245. The number of aliphatic hydroxyl groups excluding tert-OH is 1. The van der Waals surface area contributed by atoms with Gasteiger partial charge in [-0.25, -0.2) is 0 Å². The molecule has 5 aromatic rings. The molecule has 3 N–H and O–H groups in total. The third-order valence-electron chi connectivity index (χ3n) is 6.91. The summed E-state index contributed by atoms with van der Waals surface area (Å²) in [5.74, 6) is 0.474. The predicted molar refractivity (Wildman–Crippen MR) is 159 cm³/mol. The molecular weight excluding hydrogens is 568 g/mol. The van der Waals surface area contributed by atoms with Crippen molar-refractivity contribution in [2.75, 3.05) is 11.1 Å². The Labute approximate surface area is 251 Å². The van der Waals surface area contributed by atoms with E-state index in [1.165, 1.54) is 18.0 Å². The molecule has 3 atom stereocenters. The first-order chi connectivity index (χ1) is 21.1. The molecule has 0 aliphatic carbocycles. The largest absolute Gasteiger partial charge is 0.508 e. The fourth-order valence-corrected chi connectivity index (χ4v) is 5.55. The first kappa shape index (κ1) is 28.5. The number of carbonyl (C=O) groups is 1. The number of hydrogen-bond acceptors (Lipinski definition) is 10. The number of phenols is 1. The van der Waals surface area contributed by atoms with E-state index < -0.39 is 6.29 Å². The zero-order valence-corrected chi connectivity index (χ0v) is 23.7. The number of amides is 1. The van der Waals surface area contributed by atoms with Crippen LogP contribution in [-0.2, 0) is 16.1 Å². The molecule has 0 saturated carbocycles. The number of aromatic nitrogens is 5.